The first-order chi connectivity index (χ1) is 14.8. The maximum atomic E-state index is 5.78. The molecule has 0 spiro atoms. The second kappa shape index (κ2) is 11.9. The first-order valence-corrected chi connectivity index (χ1v) is 10.4. The van der Waals surface area contributed by atoms with Crippen molar-refractivity contribution in [2.75, 3.05) is 45.4 Å². The van der Waals surface area contributed by atoms with Crippen LogP contribution in [-0.2, 0) is 11.3 Å². The molecular weight excluding hydrogens is 382 g/mol. The monoisotopic (exact) mass is 413 g/mol. The molecule has 0 unspecified atom stereocenters. The van der Waals surface area contributed by atoms with E-state index in [9.17, 15) is 0 Å². The van der Waals surface area contributed by atoms with E-state index in [1.165, 1.54) is 0 Å². The Balaban J connectivity index is 1.63. The summed E-state index contributed by atoms with van der Waals surface area (Å²) < 4.78 is 22.3. The highest BCUT2D eigenvalue weighted by Gasteiger charge is 2.11. The van der Waals surface area contributed by atoms with E-state index in [0.29, 0.717) is 38.9 Å². The molecule has 0 aromatic heterocycles. The number of ether oxygens (including phenoxy) is 4. The molecule has 0 atom stereocenters. The number of rotatable bonds is 9. The molecule has 0 amide bonds. The number of hydrogen-bond acceptors (Lipinski definition) is 5. The van der Waals surface area contributed by atoms with Crippen molar-refractivity contribution in [3.8, 4) is 17.2 Å². The minimum Gasteiger partial charge on any atom is -0.493 e. The Kier molecular flexibility index (Phi) is 8.65. The Bertz CT molecular complexity index is 826. The zero-order valence-corrected chi connectivity index (χ0v) is 17.8. The zero-order valence-electron chi connectivity index (χ0n) is 17.8. The average Bonchev–Trinajstić information content (AvgIpc) is 3.01. The fourth-order valence-corrected chi connectivity index (χ4v) is 2.98. The van der Waals surface area contributed by atoms with Gasteiger partial charge in [-0.05, 0) is 36.8 Å². The van der Waals surface area contributed by atoms with Crippen LogP contribution in [0.5, 0.6) is 17.2 Å². The topological polar surface area (TPSA) is 73.3 Å². The minimum absolute atomic E-state index is 0.537. The number of nitrogens with one attached hydrogen (secondary N) is 2. The Morgan fingerprint density at radius 3 is 2.77 bits per heavy atom. The predicted molar refractivity (Wildman–Crippen MR) is 119 cm³/mol. The molecule has 7 heteroatoms. The molecule has 162 valence electrons. The summed E-state index contributed by atoms with van der Waals surface area (Å²) in [7, 11) is 1.70. The summed E-state index contributed by atoms with van der Waals surface area (Å²) in [5.74, 6) is 3.09. The number of nitrogens with zero attached hydrogens (tertiary/aromatic N) is 1. The lowest BCUT2D eigenvalue weighted by molar-refractivity contribution is 0.172. The highest BCUT2D eigenvalue weighted by Crippen LogP contribution is 2.32. The van der Waals surface area contributed by atoms with E-state index < -0.39 is 0 Å². The average molecular weight is 414 g/mol. The van der Waals surface area contributed by atoms with Gasteiger partial charge in [0.1, 0.15) is 5.75 Å². The molecular formula is C23H31N3O4. The van der Waals surface area contributed by atoms with E-state index in [4.69, 9.17) is 23.9 Å². The van der Waals surface area contributed by atoms with Gasteiger partial charge in [0, 0.05) is 44.9 Å². The molecule has 1 aliphatic heterocycles. The van der Waals surface area contributed by atoms with Crippen LogP contribution in [-0.4, -0.2) is 46.0 Å². The molecule has 3 rings (SSSR count). The van der Waals surface area contributed by atoms with Gasteiger partial charge in [-0.2, -0.15) is 0 Å². The molecule has 0 bridgehead atoms. The summed E-state index contributed by atoms with van der Waals surface area (Å²) in [5, 5.41) is 6.62. The number of guanidine groups is 1. The second-order valence-corrected chi connectivity index (χ2v) is 6.87. The molecule has 7 nitrogen and oxygen atoms in total. The van der Waals surface area contributed by atoms with Gasteiger partial charge in [0.05, 0.1) is 26.4 Å². The van der Waals surface area contributed by atoms with Crippen LogP contribution in [0.25, 0.3) is 0 Å². The van der Waals surface area contributed by atoms with E-state index in [1.54, 1.807) is 7.11 Å². The summed E-state index contributed by atoms with van der Waals surface area (Å²) in [6.45, 7) is 6.01. The Labute approximate surface area is 178 Å². The molecule has 0 radical (unpaired) electrons. The van der Waals surface area contributed by atoms with Gasteiger partial charge in [-0.1, -0.05) is 12.1 Å². The van der Waals surface area contributed by atoms with Crippen molar-refractivity contribution in [3.63, 3.8) is 0 Å². The van der Waals surface area contributed by atoms with E-state index in [1.807, 2.05) is 49.4 Å². The predicted octanol–water partition coefficient (Wildman–Crippen LogP) is 3.84. The van der Waals surface area contributed by atoms with Crippen molar-refractivity contribution in [1.29, 1.82) is 0 Å². The number of hydrogen-bond donors (Lipinski definition) is 2. The minimum atomic E-state index is 0.537. The molecule has 1 heterocycles. The Hall–Kier alpha value is -2.93. The number of aliphatic imine (C=N–C) groups is 1. The smallest absolute Gasteiger partial charge is 0.196 e. The van der Waals surface area contributed by atoms with Gasteiger partial charge >= 0.3 is 0 Å². The van der Waals surface area contributed by atoms with Crippen LogP contribution in [0.3, 0.4) is 0 Å². The quantitative estimate of drug-likeness (QED) is 0.370. The summed E-state index contributed by atoms with van der Waals surface area (Å²) in [5.41, 5.74) is 1.98. The summed E-state index contributed by atoms with van der Waals surface area (Å²) >= 11 is 0. The molecule has 2 aromatic rings. The number of fused-ring (bicyclic) bond motifs is 1. The van der Waals surface area contributed by atoms with Gasteiger partial charge in [0.25, 0.3) is 0 Å². The van der Waals surface area contributed by atoms with Crippen LogP contribution in [0.15, 0.2) is 47.5 Å². The van der Waals surface area contributed by atoms with E-state index >= 15 is 0 Å². The van der Waals surface area contributed by atoms with Crippen LogP contribution in [0.2, 0.25) is 0 Å². The number of anilines is 1. The van der Waals surface area contributed by atoms with Gasteiger partial charge in [-0.25, -0.2) is 4.99 Å². The summed E-state index contributed by atoms with van der Waals surface area (Å²) in [6.07, 6.45) is 1.75. The molecule has 0 fully saturated rings. The number of methoxy groups -OCH3 is 1. The summed E-state index contributed by atoms with van der Waals surface area (Å²) in [6, 6.07) is 13.9. The molecule has 30 heavy (non-hydrogen) atoms. The lowest BCUT2D eigenvalue weighted by Gasteiger charge is -2.14. The third kappa shape index (κ3) is 6.84. The second-order valence-electron chi connectivity index (χ2n) is 6.87. The maximum absolute atomic E-state index is 5.78. The van der Waals surface area contributed by atoms with Crippen LogP contribution >= 0.6 is 0 Å². The van der Waals surface area contributed by atoms with Gasteiger partial charge in [-0.15, -0.1) is 0 Å². The molecule has 2 aromatic carbocycles. The largest absolute Gasteiger partial charge is 0.493 e. The van der Waals surface area contributed by atoms with E-state index in [-0.39, 0.29) is 0 Å². The van der Waals surface area contributed by atoms with Gasteiger partial charge in [-0.3, -0.25) is 0 Å². The van der Waals surface area contributed by atoms with E-state index in [2.05, 4.69) is 10.6 Å². The van der Waals surface area contributed by atoms with Crippen LogP contribution in [0.4, 0.5) is 5.69 Å². The molecule has 0 saturated carbocycles. The van der Waals surface area contributed by atoms with Gasteiger partial charge in [0.15, 0.2) is 17.5 Å². The first-order valence-electron chi connectivity index (χ1n) is 10.4. The molecule has 0 saturated heterocycles. The van der Waals surface area contributed by atoms with Crippen molar-refractivity contribution >= 4 is 11.6 Å². The van der Waals surface area contributed by atoms with Crippen molar-refractivity contribution in [3.05, 3.63) is 48.0 Å². The highest BCUT2D eigenvalue weighted by atomic mass is 16.5. The molecule has 0 aliphatic carbocycles. The Morgan fingerprint density at radius 1 is 1.07 bits per heavy atom. The van der Waals surface area contributed by atoms with Crippen molar-refractivity contribution in [2.45, 2.75) is 26.3 Å². The van der Waals surface area contributed by atoms with Crippen LogP contribution in [0.1, 0.15) is 25.3 Å². The van der Waals surface area contributed by atoms with E-state index in [0.717, 1.165) is 47.9 Å². The van der Waals surface area contributed by atoms with Crippen molar-refractivity contribution in [1.82, 2.24) is 5.32 Å². The van der Waals surface area contributed by atoms with Crippen LogP contribution < -0.4 is 24.8 Å². The normalized spacial score (nSPS) is 13.5. The fraction of sp³-hybridized carbons (Fsp3) is 0.435. The highest BCUT2D eigenvalue weighted by molar-refractivity contribution is 5.93. The Morgan fingerprint density at radius 2 is 1.93 bits per heavy atom. The fourth-order valence-electron chi connectivity index (χ4n) is 2.98. The zero-order chi connectivity index (χ0) is 21.0. The molecule has 2 N–H and O–H groups in total. The standard InChI is InChI=1S/C23H31N3O4/c1-3-24-23(26-19-9-10-21-22(16-19)30-14-6-13-29-21)25-17-18-7-4-8-20(15-18)28-12-5-11-27-2/h4,7-10,15-16H,3,5-6,11-14,17H2,1-2H3,(H2,24,25,26). The SMILES string of the molecule is CCNC(=NCc1cccc(OCCCOC)c1)Nc1ccc2c(c1)OCCCO2. The molecule has 1 aliphatic rings. The third-order valence-electron chi connectivity index (χ3n) is 4.43. The first kappa shape index (κ1) is 21.8. The third-order valence-corrected chi connectivity index (χ3v) is 4.43. The lowest BCUT2D eigenvalue weighted by atomic mass is 10.2. The summed E-state index contributed by atoms with van der Waals surface area (Å²) in [4.78, 5) is 4.71. The lowest BCUT2D eigenvalue weighted by Crippen LogP contribution is -2.30. The van der Waals surface area contributed by atoms with Crippen LogP contribution in [0, 0.1) is 0 Å². The maximum Gasteiger partial charge on any atom is 0.196 e. The van der Waals surface area contributed by atoms with Crippen molar-refractivity contribution < 1.29 is 18.9 Å². The number of benzene rings is 2. The van der Waals surface area contributed by atoms with Gasteiger partial charge < -0.3 is 29.6 Å². The van der Waals surface area contributed by atoms with Gasteiger partial charge in [0.2, 0.25) is 0 Å². The van der Waals surface area contributed by atoms with Crippen molar-refractivity contribution in [2.24, 2.45) is 4.99 Å².